The maximum atomic E-state index is 11.2. The lowest BCUT2D eigenvalue weighted by molar-refractivity contribution is -0.141. The SMILES string of the molecule is COc1ncc(Cl)c(N(C)C2COCC2C(=O)O)n1. The van der Waals surface area contributed by atoms with Crippen LogP contribution in [0.1, 0.15) is 0 Å². The standard InChI is InChI=1S/C11H14ClN3O4/c1-15(8-5-19-4-6(8)10(16)17)9-7(12)3-13-11(14-9)18-2/h3,6,8H,4-5H2,1-2H3,(H,16,17). The van der Waals surface area contributed by atoms with Gasteiger partial charge in [-0.3, -0.25) is 4.79 Å². The minimum atomic E-state index is -0.897. The fourth-order valence-corrected chi connectivity index (χ4v) is 2.23. The summed E-state index contributed by atoms with van der Waals surface area (Å²) in [6.45, 7) is 0.500. The summed E-state index contributed by atoms with van der Waals surface area (Å²) >= 11 is 6.04. The summed E-state index contributed by atoms with van der Waals surface area (Å²) in [6, 6.07) is -0.147. The number of halogens is 1. The molecule has 0 bridgehead atoms. The first kappa shape index (κ1) is 13.8. The second-order valence-corrected chi connectivity index (χ2v) is 4.60. The van der Waals surface area contributed by atoms with Crippen molar-refractivity contribution in [2.45, 2.75) is 6.04 Å². The smallest absolute Gasteiger partial charge is 0.318 e. The first-order valence-electron chi connectivity index (χ1n) is 5.64. The lowest BCUT2D eigenvalue weighted by Gasteiger charge is -2.27. The van der Waals surface area contributed by atoms with Crippen molar-refractivity contribution < 1.29 is 19.4 Å². The highest BCUT2D eigenvalue weighted by molar-refractivity contribution is 6.32. The van der Waals surface area contributed by atoms with E-state index in [1.807, 2.05) is 0 Å². The van der Waals surface area contributed by atoms with Gasteiger partial charge < -0.3 is 19.5 Å². The Kier molecular flexibility index (Phi) is 4.06. The second kappa shape index (κ2) is 5.58. The number of hydrogen-bond acceptors (Lipinski definition) is 6. The van der Waals surface area contributed by atoms with Crippen LogP contribution in [0.3, 0.4) is 0 Å². The Morgan fingerprint density at radius 1 is 1.63 bits per heavy atom. The van der Waals surface area contributed by atoms with Gasteiger partial charge in [0.15, 0.2) is 5.82 Å². The van der Waals surface area contributed by atoms with Gasteiger partial charge in [0.25, 0.3) is 0 Å². The zero-order valence-electron chi connectivity index (χ0n) is 10.5. The average molecular weight is 288 g/mol. The molecule has 1 aliphatic rings. The molecule has 0 spiro atoms. The molecule has 0 amide bonds. The van der Waals surface area contributed by atoms with Crippen LogP contribution in [0.4, 0.5) is 5.82 Å². The van der Waals surface area contributed by atoms with Crippen molar-refractivity contribution in [2.24, 2.45) is 5.92 Å². The number of ether oxygens (including phenoxy) is 2. The molecule has 8 heteroatoms. The number of methoxy groups -OCH3 is 1. The van der Waals surface area contributed by atoms with Crippen molar-refractivity contribution in [3.63, 3.8) is 0 Å². The van der Waals surface area contributed by atoms with Crippen LogP contribution in [0.15, 0.2) is 6.20 Å². The summed E-state index contributed by atoms with van der Waals surface area (Å²) in [7, 11) is 3.18. The number of carboxylic acids is 1. The Morgan fingerprint density at radius 2 is 2.37 bits per heavy atom. The summed E-state index contributed by atoms with van der Waals surface area (Å²) in [4.78, 5) is 20.9. The van der Waals surface area contributed by atoms with Crippen molar-refractivity contribution in [1.29, 1.82) is 0 Å². The number of rotatable bonds is 4. The van der Waals surface area contributed by atoms with Gasteiger partial charge in [-0.15, -0.1) is 0 Å². The van der Waals surface area contributed by atoms with Gasteiger partial charge in [-0.2, -0.15) is 4.98 Å². The molecule has 2 rings (SSSR count). The van der Waals surface area contributed by atoms with E-state index in [1.165, 1.54) is 13.3 Å². The number of aromatic nitrogens is 2. The van der Waals surface area contributed by atoms with Gasteiger partial charge in [-0.25, -0.2) is 4.98 Å². The monoisotopic (exact) mass is 287 g/mol. The van der Waals surface area contributed by atoms with Crippen LogP contribution < -0.4 is 9.64 Å². The minimum Gasteiger partial charge on any atom is -0.481 e. The van der Waals surface area contributed by atoms with Crippen molar-refractivity contribution in [3.8, 4) is 6.01 Å². The molecule has 1 aliphatic heterocycles. The van der Waals surface area contributed by atoms with E-state index >= 15 is 0 Å². The third-order valence-corrected chi connectivity index (χ3v) is 3.35. The van der Waals surface area contributed by atoms with E-state index in [9.17, 15) is 4.79 Å². The molecule has 2 atom stereocenters. The van der Waals surface area contributed by atoms with E-state index in [1.54, 1.807) is 11.9 Å². The number of anilines is 1. The maximum absolute atomic E-state index is 11.2. The molecule has 0 aliphatic carbocycles. The van der Waals surface area contributed by atoms with E-state index in [-0.39, 0.29) is 18.7 Å². The number of likely N-dealkylation sites (N-methyl/N-ethyl adjacent to an activating group) is 1. The molecule has 0 saturated carbocycles. The first-order valence-corrected chi connectivity index (χ1v) is 6.02. The quantitative estimate of drug-likeness (QED) is 0.871. The third-order valence-electron chi connectivity index (χ3n) is 3.09. The zero-order chi connectivity index (χ0) is 14.0. The Labute approximate surface area is 115 Å². The first-order chi connectivity index (χ1) is 9.04. The molecule has 0 radical (unpaired) electrons. The van der Waals surface area contributed by atoms with Gasteiger partial charge in [0, 0.05) is 7.05 Å². The third kappa shape index (κ3) is 2.71. The number of carboxylic acid groups (broad SMARTS) is 1. The van der Waals surface area contributed by atoms with Crippen LogP contribution in [0.5, 0.6) is 6.01 Å². The molecule has 19 heavy (non-hydrogen) atoms. The molecular formula is C11H14ClN3O4. The van der Waals surface area contributed by atoms with Gasteiger partial charge in [0.2, 0.25) is 0 Å². The Balaban J connectivity index is 2.28. The summed E-state index contributed by atoms with van der Waals surface area (Å²) in [6.07, 6.45) is 1.42. The van der Waals surface area contributed by atoms with Crippen LogP contribution >= 0.6 is 11.6 Å². The second-order valence-electron chi connectivity index (χ2n) is 4.19. The van der Waals surface area contributed by atoms with E-state index in [4.69, 9.17) is 26.2 Å². The van der Waals surface area contributed by atoms with E-state index in [0.717, 1.165) is 0 Å². The highest BCUT2D eigenvalue weighted by atomic mass is 35.5. The highest BCUT2D eigenvalue weighted by Crippen LogP contribution is 2.29. The molecule has 1 fully saturated rings. The predicted octanol–water partition coefficient (Wildman–Crippen LogP) is 0.674. The van der Waals surface area contributed by atoms with Gasteiger partial charge in [0.1, 0.15) is 10.9 Å². The van der Waals surface area contributed by atoms with Crippen LogP contribution in [-0.4, -0.2) is 54.5 Å². The summed E-state index contributed by atoms with van der Waals surface area (Å²) < 4.78 is 10.2. The van der Waals surface area contributed by atoms with Gasteiger partial charge in [-0.05, 0) is 0 Å². The molecular weight excluding hydrogens is 274 g/mol. The molecule has 2 unspecified atom stereocenters. The molecule has 104 valence electrons. The Bertz CT molecular complexity index is 485. The fourth-order valence-electron chi connectivity index (χ4n) is 2.01. The van der Waals surface area contributed by atoms with Crippen LogP contribution in [-0.2, 0) is 9.53 Å². The largest absolute Gasteiger partial charge is 0.481 e. The number of aliphatic carboxylic acids is 1. The molecule has 1 aromatic heterocycles. The van der Waals surface area contributed by atoms with Crippen molar-refractivity contribution in [3.05, 3.63) is 11.2 Å². The number of carbonyl (C=O) groups is 1. The van der Waals surface area contributed by atoms with Gasteiger partial charge in [-0.1, -0.05) is 11.6 Å². The number of hydrogen-bond donors (Lipinski definition) is 1. The van der Waals surface area contributed by atoms with Gasteiger partial charge >= 0.3 is 12.0 Å². The summed E-state index contributed by atoms with van der Waals surface area (Å²) in [5.41, 5.74) is 0. The Morgan fingerprint density at radius 3 is 3.00 bits per heavy atom. The summed E-state index contributed by atoms with van der Waals surface area (Å²) in [5, 5.41) is 9.49. The van der Waals surface area contributed by atoms with Crippen LogP contribution in [0.2, 0.25) is 5.02 Å². The number of nitrogens with zero attached hydrogens (tertiary/aromatic N) is 3. The molecule has 1 saturated heterocycles. The van der Waals surface area contributed by atoms with Crippen molar-refractivity contribution in [2.75, 3.05) is 32.3 Å². The minimum absolute atomic E-state index is 0.178. The normalized spacial score (nSPS) is 22.3. The van der Waals surface area contributed by atoms with Gasteiger partial charge in [0.05, 0.1) is 32.6 Å². The van der Waals surface area contributed by atoms with Crippen molar-refractivity contribution >= 4 is 23.4 Å². The topological polar surface area (TPSA) is 84.8 Å². The zero-order valence-corrected chi connectivity index (χ0v) is 11.3. The Hall–Kier alpha value is -1.60. The molecule has 1 N–H and O–H groups in total. The van der Waals surface area contributed by atoms with E-state index in [2.05, 4.69) is 9.97 Å². The molecule has 2 heterocycles. The molecule has 1 aromatic rings. The lowest BCUT2D eigenvalue weighted by Crippen LogP contribution is -2.41. The van der Waals surface area contributed by atoms with Crippen molar-refractivity contribution in [1.82, 2.24) is 9.97 Å². The fraction of sp³-hybridized carbons (Fsp3) is 0.545. The molecule has 0 aromatic carbocycles. The predicted molar refractivity (Wildman–Crippen MR) is 67.7 cm³/mol. The maximum Gasteiger partial charge on any atom is 0.318 e. The highest BCUT2D eigenvalue weighted by Gasteiger charge is 2.37. The lowest BCUT2D eigenvalue weighted by atomic mass is 10.0. The average Bonchev–Trinajstić information content (AvgIpc) is 2.88. The summed E-state index contributed by atoms with van der Waals surface area (Å²) in [5.74, 6) is -1.08. The molecule has 7 nitrogen and oxygen atoms in total. The van der Waals surface area contributed by atoms with Crippen LogP contribution in [0.25, 0.3) is 0 Å². The van der Waals surface area contributed by atoms with E-state index in [0.29, 0.717) is 17.4 Å². The van der Waals surface area contributed by atoms with Crippen LogP contribution in [0, 0.1) is 5.92 Å². The van der Waals surface area contributed by atoms with E-state index < -0.39 is 11.9 Å².